The zero-order chi connectivity index (χ0) is 13.8. The predicted molar refractivity (Wildman–Crippen MR) is 73.5 cm³/mol. The lowest BCUT2D eigenvalue weighted by molar-refractivity contribution is -0.131. The van der Waals surface area contributed by atoms with Gasteiger partial charge in [0.05, 0.1) is 5.41 Å². The Morgan fingerprint density at radius 3 is 2.61 bits per heavy atom. The van der Waals surface area contributed by atoms with Gasteiger partial charge in [0.15, 0.2) is 0 Å². The van der Waals surface area contributed by atoms with Crippen LogP contribution in [0.5, 0.6) is 5.75 Å². The molecule has 0 amide bonds. The number of allylic oxidation sites excluding steroid dienone is 1. The quantitative estimate of drug-likeness (QED) is 0.451. The van der Waals surface area contributed by atoms with Gasteiger partial charge in [0.1, 0.15) is 5.75 Å². The highest BCUT2D eigenvalue weighted by atomic mass is 16.5. The molecule has 2 heteroatoms. The Morgan fingerprint density at radius 2 is 2.11 bits per heavy atom. The van der Waals surface area contributed by atoms with Crippen molar-refractivity contribution in [3.05, 3.63) is 42.0 Å². The minimum Gasteiger partial charge on any atom is -0.426 e. The maximum atomic E-state index is 10.9. The van der Waals surface area contributed by atoms with Crippen LogP contribution in [0.3, 0.4) is 0 Å². The molecule has 0 bridgehead atoms. The Morgan fingerprint density at radius 1 is 1.44 bits per heavy atom. The van der Waals surface area contributed by atoms with E-state index >= 15 is 0 Å². The van der Waals surface area contributed by atoms with E-state index in [1.165, 1.54) is 6.92 Å². The number of esters is 1. The fourth-order valence-corrected chi connectivity index (χ4v) is 1.61. The normalized spacial score (nSPS) is 10.2. The van der Waals surface area contributed by atoms with Gasteiger partial charge in [-0.3, -0.25) is 4.79 Å². The van der Waals surface area contributed by atoms with Crippen LogP contribution in [0.25, 0.3) is 0 Å². The van der Waals surface area contributed by atoms with Gasteiger partial charge in [0, 0.05) is 6.92 Å². The largest absolute Gasteiger partial charge is 0.426 e. The number of benzene rings is 1. The van der Waals surface area contributed by atoms with E-state index in [-0.39, 0.29) is 11.4 Å². The third-order valence-corrected chi connectivity index (χ3v) is 2.64. The van der Waals surface area contributed by atoms with E-state index in [1.807, 2.05) is 39.0 Å². The highest BCUT2D eigenvalue weighted by Crippen LogP contribution is 2.27. The summed E-state index contributed by atoms with van der Waals surface area (Å²) in [5.74, 6) is 6.31. The summed E-state index contributed by atoms with van der Waals surface area (Å²) < 4.78 is 5.10. The molecular formula is C16H18O2. The third-order valence-electron chi connectivity index (χ3n) is 2.64. The van der Waals surface area contributed by atoms with Gasteiger partial charge in [0.25, 0.3) is 0 Å². The highest BCUT2D eigenvalue weighted by molar-refractivity contribution is 5.69. The van der Waals surface area contributed by atoms with E-state index in [0.29, 0.717) is 5.75 Å². The van der Waals surface area contributed by atoms with Gasteiger partial charge < -0.3 is 4.74 Å². The van der Waals surface area contributed by atoms with Crippen molar-refractivity contribution >= 4 is 5.97 Å². The maximum Gasteiger partial charge on any atom is 0.308 e. The summed E-state index contributed by atoms with van der Waals surface area (Å²) in [6, 6.07) is 5.74. The lowest BCUT2D eigenvalue weighted by Crippen LogP contribution is -2.14. The first-order chi connectivity index (χ1) is 8.36. The van der Waals surface area contributed by atoms with E-state index in [1.54, 1.807) is 6.08 Å². The van der Waals surface area contributed by atoms with Gasteiger partial charge in [-0.05, 0) is 44.0 Å². The first-order valence-electron chi connectivity index (χ1n) is 5.80. The molecule has 1 aromatic carbocycles. The highest BCUT2D eigenvalue weighted by Gasteiger charge is 2.18. The van der Waals surface area contributed by atoms with Crippen LogP contribution in [0.1, 0.15) is 31.9 Å². The Hall–Kier alpha value is -2.01. The number of aryl methyl sites for hydroxylation is 1. The first kappa shape index (κ1) is 14.1. The lowest BCUT2D eigenvalue weighted by Gasteiger charge is -2.19. The molecule has 0 N–H and O–H groups in total. The standard InChI is InChI=1S/C16H18O2/c1-6-7-10-16(4,5)14-8-9-15(12(2)11-14)18-13(3)17/h6,8-9,11H,1H2,2-5H3. The molecule has 94 valence electrons. The second-order valence-corrected chi connectivity index (χ2v) is 4.67. The Balaban J connectivity index is 3.10. The second-order valence-electron chi connectivity index (χ2n) is 4.67. The average molecular weight is 242 g/mol. The summed E-state index contributed by atoms with van der Waals surface area (Å²) in [7, 11) is 0. The van der Waals surface area contributed by atoms with Gasteiger partial charge in [-0.15, -0.1) is 0 Å². The monoisotopic (exact) mass is 242 g/mol. The SMILES string of the molecule is C=CC#CC(C)(C)c1ccc(OC(C)=O)c(C)c1. The summed E-state index contributed by atoms with van der Waals surface area (Å²) in [6.07, 6.45) is 1.59. The van der Waals surface area contributed by atoms with E-state index in [9.17, 15) is 4.79 Å². The van der Waals surface area contributed by atoms with Crippen molar-refractivity contribution in [2.24, 2.45) is 0 Å². The molecule has 1 aromatic rings. The first-order valence-corrected chi connectivity index (χ1v) is 5.80. The van der Waals surface area contributed by atoms with Gasteiger partial charge in [-0.2, -0.15) is 0 Å². The molecule has 0 saturated carbocycles. The van der Waals surface area contributed by atoms with Crippen molar-refractivity contribution in [3.63, 3.8) is 0 Å². The molecule has 0 fully saturated rings. The van der Waals surface area contributed by atoms with E-state index in [2.05, 4.69) is 18.4 Å². The van der Waals surface area contributed by atoms with Crippen molar-refractivity contribution in [3.8, 4) is 17.6 Å². The number of hydrogen-bond acceptors (Lipinski definition) is 2. The Labute approximate surface area is 109 Å². The van der Waals surface area contributed by atoms with Crippen LogP contribution in [-0.2, 0) is 10.2 Å². The fraction of sp³-hybridized carbons (Fsp3) is 0.312. The molecule has 0 aromatic heterocycles. The zero-order valence-electron chi connectivity index (χ0n) is 11.3. The number of rotatable bonds is 2. The van der Waals surface area contributed by atoms with Crippen LogP contribution in [0.2, 0.25) is 0 Å². The van der Waals surface area contributed by atoms with Crippen LogP contribution >= 0.6 is 0 Å². The van der Waals surface area contributed by atoms with Crippen LogP contribution in [0.4, 0.5) is 0 Å². The summed E-state index contributed by atoms with van der Waals surface area (Å²) in [5, 5.41) is 0. The van der Waals surface area contributed by atoms with Crippen molar-refractivity contribution in [2.75, 3.05) is 0 Å². The topological polar surface area (TPSA) is 26.3 Å². The summed E-state index contributed by atoms with van der Waals surface area (Å²) >= 11 is 0. The third kappa shape index (κ3) is 3.49. The summed E-state index contributed by atoms with van der Waals surface area (Å²) in [4.78, 5) is 10.9. The molecule has 18 heavy (non-hydrogen) atoms. The molecular weight excluding hydrogens is 224 g/mol. The molecule has 0 atom stereocenters. The molecule has 0 heterocycles. The maximum absolute atomic E-state index is 10.9. The van der Waals surface area contributed by atoms with Crippen molar-refractivity contribution in [1.82, 2.24) is 0 Å². The smallest absolute Gasteiger partial charge is 0.308 e. The van der Waals surface area contributed by atoms with Crippen molar-refractivity contribution < 1.29 is 9.53 Å². The van der Waals surface area contributed by atoms with E-state index in [0.717, 1.165) is 11.1 Å². The number of carbonyl (C=O) groups is 1. The fourth-order valence-electron chi connectivity index (χ4n) is 1.61. The molecule has 0 unspecified atom stereocenters. The molecule has 2 nitrogen and oxygen atoms in total. The van der Waals surface area contributed by atoms with Crippen LogP contribution in [0.15, 0.2) is 30.9 Å². The molecule has 0 radical (unpaired) electrons. The van der Waals surface area contributed by atoms with Gasteiger partial charge in [0.2, 0.25) is 0 Å². The molecule has 1 rings (SSSR count). The van der Waals surface area contributed by atoms with Gasteiger partial charge >= 0.3 is 5.97 Å². The van der Waals surface area contributed by atoms with E-state index in [4.69, 9.17) is 4.74 Å². The average Bonchev–Trinajstić information content (AvgIpc) is 2.28. The van der Waals surface area contributed by atoms with Gasteiger partial charge in [-0.25, -0.2) is 0 Å². The number of carbonyl (C=O) groups excluding carboxylic acids is 1. The Kier molecular flexibility index (Phi) is 4.33. The minimum absolute atomic E-state index is 0.256. The molecule has 0 saturated heterocycles. The predicted octanol–water partition coefficient (Wildman–Crippen LogP) is 3.39. The minimum atomic E-state index is -0.309. The van der Waals surface area contributed by atoms with Gasteiger partial charge in [-0.1, -0.05) is 30.6 Å². The van der Waals surface area contributed by atoms with E-state index < -0.39 is 0 Å². The van der Waals surface area contributed by atoms with Crippen LogP contribution < -0.4 is 4.74 Å². The Bertz CT molecular complexity index is 528. The lowest BCUT2D eigenvalue weighted by atomic mass is 9.84. The molecule has 0 aliphatic carbocycles. The van der Waals surface area contributed by atoms with Crippen LogP contribution in [0, 0.1) is 18.8 Å². The number of ether oxygens (including phenoxy) is 1. The molecule has 0 spiro atoms. The zero-order valence-corrected chi connectivity index (χ0v) is 11.3. The second kappa shape index (κ2) is 5.55. The summed E-state index contributed by atoms with van der Waals surface area (Å²) in [5.41, 5.74) is 1.76. The molecule has 0 aliphatic rings. The van der Waals surface area contributed by atoms with Crippen molar-refractivity contribution in [1.29, 1.82) is 0 Å². The number of hydrogen-bond donors (Lipinski definition) is 0. The molecule has 0 aliphatic heterocycles. The summed E-state index contributed by atoms with van der Waals surface area (Å²) in [6.45, 7) is 11.0. The van der Waals surface area contributed by atoms with Crippen molar-refractivity contribution in [2.45, 2.75) is 33.1 Å². The van der Waals surface area contributed by atoms with Crippen LogP contribution in [-0.4, -0.2) is 5.97 Å².